The maximum Gasteiger partial charge on any atom is 0.231 e. The molecule has 27 heavy (non-hydrogen) atoms. The van der Waals surface area contributed by atoms with Gasteiger partial charge in [0.15, 0.2) is 5.58 Å². The van der Waals surface area contributed by atoms with Crippen molar-refractivity contribution in [1.29, 1.82) is 0 Å². The maximum absolute atomic E-state index is 12.4. The number of benzene rings is 3. The van der Waals surface area contributed by atoms with Crippen LogP contribution in [0, 0.1) is 6.92 Å². The van der Waals surface area contributed by atoms with Gasteiger partial charge in [-0.25, -0.2) is 4.98 Å². The number of hydrogen-bond acceptors (Lipinski definition) is 4. The van der Waals surface area contributed by atoms with Gasteiger partial charge >= 0.3 is 0 Å². The maximum atomic E-state index is 12.4. The van der Waals surface area contributed by atoms with E-state index in [4.69, 9.17) is 4.42 Å². The van der Waals surface area contributed by atoms with Crippen molar-refractivity contribution in [3.05, 3.63) is 77.9 Å². The predicted octanol–water partition coefficient (Wildman–Crippen LogP) is 4.69. The Balaban J connectivity index is 1.64. The van der Waals surface area contributed by atoms with Crippen molar-refractivity contribution in [2.24, 2.45) is 0 Å². The number of anilines is 1. The molecule has 0 radical (unpaired) electrons. The van der Waals surface area contributed by atoms with E-state index in [1.165, 1.54) is 0 Å². The molecule has 5 nitrogen and oxygen atoms in total. The topological polar surface area (TPSA) is 75.4 Å². The minimum absolute atomic E-state index is 0.0858. The van der Waals surface area contributed by atoms with Gasteiger partial charge in [0.25, 0.3) is 0 Å². The van der Waals surface area contributed by atoms with E-state index >= 15 is 0 Å². The highest BCUT2D eigenvalue weighted by atomic mass is 16.3. The Morgan fingerprint density at radius 2 is 1.81 bits per heavy atom. The van der Waals surface area contributed by atoms with E-state index in [0.29, 0.717) is 33.8 Å². The Labute approximate surface area is 156 Å². The Morgan fingerprint density at radius 1 is 1.07 bits per heavy atom. The Hall–Kier alpha value is -3.60. The average molecular weight is 358 g/mol. The zero-order valence-corrected chi connectivity index (χ0v) is 14.8. The molecule has 0 spiro atoms. The van der Waals surface area contributed by atoms with Gasteiger partial charge in [-0.15, -0.1) is 0 Å². The molecular formula is C22H18N2O3. The number of rotatable bonds is 4. The fraction of sp³-hybridized carbons (Fsp3) is 0.0909. The van der Waals surface area contributed by atoms with Crippen LogP contribution in [0.4, 0.5) is 5.69 Å². The van der Waals surface area contributed by atoms with Gasteiger partial charge in [0.2, 0.25) is 11.8 Å². The molecule has 0 unspecified atom stereocenters. The molecule has 4 aromatic rings. The molecule has 1 heterocycles. The van der Waals surface area contributed by atoms with Crippen LogP contribution in [0.3, 0.4) is 0 Å². The number of carbonyl (C=O) groups is 1. The van der Waals surface area contributed by atoms with Crippen LogP contribution < -0.4 is 5.32 Å². The van der Waals surface area contributed by atoms with Crippen LogP contribution in [0.5, 0.6) is 5.75 Å². The van der Waals surface area contributed by atoms with Gasteiger partial charge in [0.1, 0.15) is 11.3 Å². The van der Waals surface area contributed by atoms with Crippen molar-refractivity contribution in [3.8, 4) is 17.2 Å². The number of carbonyl (C=O) groups excluding carboxylic acids is 1. The van der Waals surface area contributed by atoms with Crippen molar-refractivity contribution in [2.75, 3.05) is 5.32 Å². The number of para-hydroxylation sites is 2. The SMILES string of the molecule is Cc1cc(NC(=O)Cc2ccccc2)cc(-c2nc3ccccc3o2)c1O. The fourth-order valence-corrected chi connectivity index (χ4v) is 2.99. The average Bonchev–Trinajstić information content (AvgIpc) is 3.09. The molecule has 0 fully saturated rings. The molecule has 0 saturated heterocycles. The first kappa shape index (κ1) is 16.8. The van der Waals surface area contributed by atoms with Gasteiger partial charge in [0.05, 0.1) is 12.0 Å². The molecule has 0 saturated carbocycles. The second-order valence-corrected chi connectivity index (χ2v) is 6.39. The number of nitrogens with zero attached hydrogens (tertiary/aromatic N) is 1. The van der Waals surface area contributed by atoms with Gasteiger partial charge in [-0.2, -0.15) is 0 Å². The van der Waals surface area contributed by atoms with Crippen LogP contribution in [0.1, 0.15) is 11.1 Å². The van der Waals surface area contributed by atoms with E-state index in [1.54, 1.807) is 19.1 Å². The first-order valence-corrected chi connectivity index (χ1v) is 8.63. The lowest BCUT2D eigenvalue weighted by atomic mass is 10.1. The zero-order chi connectivity index (χ0) is 18.8. The van der Waals surface area contributed by atoms with Crippen molar-refractivity contribution in [3.63, 3.8) is 0 Å². The van der Waals surface area contributed by atoms with Crippen molar-refractivity contribution >= 4 is 22.7 Å². The zero-order valence-electron chi connectivity index (χ0n) is 14.8. The van der Waals surface area contributed by atoms with E-state index in [-0.39, 0.29) is 18.1 Å². The van der Waals surface area contributed by atoms with E-state index in [2.05, 4.69) is 10.3 Å². The van der Waals surface area contributed by atoms with Crippen LogP contribution >= 0.6 is 0 Å². The van der Waals surface area contributed by atoms with Gasteiger partial charge in [-0.3, -0.25) is 4.79 Å². The third kappa shape index (κ3) is 3.53. The monoisotopic (exact) mass is 358 g/mol. The second kappa shape index (κ2) is 6.96. The molecule has 1 aromatic heterocycles. The lowest BCUT2D eigenvalue weighted by Gasteiger charge is -2.10. The standard InChI is InChI=1S/C22H18N2O3/c1-14-11-16(23-20(25)12-15-7-3-2-4-8-15)13-17(21(14)26)22-24-18-9-5-6-10-19(18)27-22/h2-11,13,26H,12H2,1H3,(H,23,25). The number of amides is 1. The quantitative estimate of drug-likeness (QED) is 0.519. The van der Waals surface area contributed by atoms with Crippen LogP contribution in [0.2, 0.25) is 0 Å². The third-order valence-electron chi connectivity index (χ3n) is 4.32. The second-order valence-electron chi connectivity index (χ2n) is 6.39. The summed E-state index contributed by atoms with van der Waals surface area (Å²) in [5, 5.41) is 13.3. The third-order valence-corrected chi connectivity index (χ3v) is 4.32. The number of aromatic nitrogens is 1. The summed E-state index contributed by atoms with van der Waals surface area (Å²) in [5.74, 6) is 0.272. The van der Waals surface area contributed by atoms with E-state index in [9.17, 15) is 9.90 Å². The highest BCUT2D eigenvalue weighted by Crippen LogP contribution is 2.36. The van der Waals surface area contributed by atoms with E-state index < -0.39 is 0 Å². The lowest BCUT2D eigenvalue weighted by molar-refractivity contribution is -0.115. The Morgan fingerprint density at radius 3 is 2.59 bits per heavy atom. The number of hydrogen-bond donors (Lipinski definition) is 2. The smallest absolute Gasteiger partial charge is 0.231 e. The molecule has 5 heteroatoms. The molecule has 0 aliphatic carbocycles. The summed E-state index contributed by atoms with van der Waals surface area (Å²) in [4.78, 5) is 16.8. The highest BCUT2D eigenvalue weighted by Gasteiger charge is 2.16. The number of aromatic hydroxyl groups is 1. The Bertz CT molecular complexity index is 1080. The van der Waals surface area contributed by atoms with Crippen molar-refractivity contribution in [2.45, 2.75) is 13.3 Å². The van der Waals surface area contributed by atoms with Crippen molar-refractivity contribution < 1.29 is 14.3 Å². The highest BCUT2D eigenvalue weighted by molar-refractivity contribution is 5.93. The summed E-state index contributed by atoms with van der Waals surface area (Å²) in [7, 11) is 0. The minimum Gasteiger partial charge on any atom is -0.507 e. The number of nitrogens with one attached hydrogen (secondary N) is 1. The van der Waals surface area contributed by atoms with Crippen LogP contribution in [-0.4, -0.2) is 16.0 Å². The molecule has 0 aliphatic heterocycles. The van der Waals surface area contributed by atoms with E-state index in [1.807, 2.05) is 54.6 Å². The predicted molar refractivity (Wildman–Crippen MR) is 105 cm³/mol. The molecule has 2 N–H and O–H groups in total. The van der Waals surface area contributed by atoms with Crippen LogP contribution in [-0.2, 0) is 11.2 Å². The fourth-order valence-electron chi connectivity index (χ4n) is 2.99. The van der Waals surface area contributed by atoms with E-state index in [0.717, 1.165) is 5.56 Å². The summed E-state index contributed by atoms with van der Waals surface area (Å²) in [6.45, 7) is 1.77. The summed E-state index contributed by atoms with van der Waals surface area (Å²) in [6, 6.07) is 20.3. The molecule has 1 amide bonds. The summed E-state index contributed by atoms with van der Waals surface area (Å²) >= 11 is 0. The molecule has 0 atom stereocenters. The minimum atomic E-state index is -0.130. The van der Waals surface area contributed by atoms with Gasteiger partial charge in [-0.05, 0) is 42.3 Å². The van der Waals surface area contributed by atoms with Gasteiger partial charge in [0, 0.05) is 5.69 Å². The Kier molecular flexibility index (Phi) is 4.34. The van der Waals surface area contributed by atoms with Gasteiger partial charge < -0.3 is 14.8 Å². The molecule has 134 valence electrons. The number of phenols is 1. The lowest BCUT2D eigenvalue weighted by Crippen LogP contribution is -2.14. The van der Waals surface area contributed by atoms with Crippen molar-refractivity contribution in [1.82, 2.24) is 4.98 Å². The van der Waals surface area contributed by atoms with Crippen LogP contribution in [0.15, 0.2) is 71.1 Å². The largest absolute Gasteiger partial charge is 0.507 e. The molecule has 0 bridgehead atoms. The summed E-state index contributed by atoms with van der Waals surface area (Å²) < 4.78 is 5.76. The number of fused-ring (bicyclic) bond motifs is 1. The summed E-state index contributed by atoms with van der Waals surface area (Å²) in [5.41, 5.74) is 3.95. The summed E-state index contributed by atoms with van der Waals surface area (Å²) in [6.07, 6.45) is 0.277. The normalized spacial score (nSPS) is 10.9. The first-order valence-electron chi connectivity index (χ1n) is 8.63. The molecule has 0 aliphatic rings. The van der Waals surface area contributed by atoms with Crippen LogP contribution in [0.25, 0.3) is 22.6 Å². The number of oxazole rings is 1. The van der Waals surface area contributed by atoms with Gasteiger partial charge in [-0.1, -0.05) is 42.5 Å². The first-order chi connectivity index (χ1) is 13.1. The number of phenolic OH excluding ortho intramolecular Hbond substituents is 1. The molecular weight excluding hydrogens is 340 g/mol. The molecule has 3 aromatic carbocycles. The number of aryl methyl sites for hydroxylation is 1. The molecule has 4 rings (SSSR count).